The van der Waals surface area contributed by atoms with Crippen LogP contribution in [0.25, 0.3) is 10.9 Å². The Labute approximate surface area is 208 Å². The molecule has 0 saturated heterocycles. The monoisotopic (exact) mass is 489 g/mol. The Balaban J connectivity index is 1.49. The molecule has 2 atom stereocenters. The zero-order chi connectivity index (χ0) is 25.5. The lowest BCUT2D eigenvalue weighted by molar-refractivity contribution is -0.123. The Hall–Kier alpha value is -4.33. The highest BCUT2D eigenvalue weighted by Crippen LogP contribution is 2.23. The number of hydrogen-bond donors (Lipinski definition) is 3. The van der Waals surface area contributed by atoms with E-state index in [1.165, 1.54) is 19.2 Å². The van der Waals surface area contributed by atoms with Crippen molar-refractivity contribution in [2.24, 2.45) is 0 Å². The van der Waals surface area contributed by atoms with Crippen molar-refractivity contribution in [3.63, 3.8) is 0 Å². The van der Waals surface area contributed by atoms with Gasteiger partial charge >= 0.3 is 6.09 Å². The number of alkyl carbamates (subject to hydrolysis) is 1. The van der Waals surface area contributed by atoms with Gasteiger partial charge in [0.05, 0.1) is 13.2 Å². The van der Waals surface area contributed by atoms with Crippen LogP contribution in [0.5, 0.6) is 5.75 Å². The first-order valence-electron chi connectivity index (χ1n) is 11.6. The van der Waals surface area contributed by atoms with Gasteiger partial charge in [0, 0.05) is 23.5 Å². The maximum absolute atomic E-state index is 14.2. The van der Waals surface area contributed by atoms with Crippen LogP contribution in [0.2, 0.25) is 0 Å². The fourth-order valence-corrected chi connectivity index (χ4v) is 3.99. The van der Waals surface area contributed by atoms with Gasteiger partial charge in [0.25, 0.3) is 0 Å². The Kier molecular flexibility index (Phi) is 7.85. The highest BCUT2D eigenvalue weighted by molar-refractivity contribution is 5.88. The van der Waals surface area contributed by atoms with Crippen molar-refractivity contribution < 1.29 is 23.5 Å². The van der Waals surface area contributed by atoms with E-state index in [-0.39, 0.29) is 18.8 Å². The summed E-state index contributed by atoms with van der Waals surface area (Å²) in [6, 6.07) is 20.1. The molecule has 0 fully saturated rings. The van der Waals surface area contributed by atoms with Crippen LogP contribution in [0.15, 0.2) is 79.0 Å². The molecule has 0 bridgehead atoms. The zero-order valence-electron chi connectivity index (χ0n) is 20.1. The van der Waals surface area contributed by atoms with Crippen molar-refractivity contribution in [1.29, 1.82) is 0 Å². The number of fused-ring (bicyclic) bond motifs is 1. The molecule has 0 spiro atoms. The number of amides is 2. The van der Waals surface area contributed by atoms with Gasteiger partial charge in [0.15, 0.2) is 11.6 Å². The van der Waals surface area contributed by atoms with Gasteiger partial charge in [-0.3, -0.25) is 4.79 Å². The van der Waals surface area contributed by atoms with Crippen LogP contribution in [0.3, 0.4) is 0 Å². The van der Waals surface area contributed by atoms with Crippen molar-refractivity contribution in [2.45, 2.75) is 32.0 Å². The highest BCUT2D eigenvalue weighted by atomic mass is 19.1. The number of aromatic amines is 1. The highest BCUT2D eigenvalue weighted by Gasteiger charge is 2.25. The number of carbonyl (C=O) groups excluding carboxylic acids is 2. The maximum Gasteiger partial charge on any atom is 0.408 e. The molecule has 7 nitrogen and oxygen atoms in total. The Bertz CT molecular complexity index is 1340. The Morgan fingerprint density at radius 1 is 1.00 bits per heavy atom. The minimum atomic E-state index is -0.918. The van der Waals surface area contributed by atoms with E-state index in [4.69, 9.17) is 9.47 Å². The molecule has 0 saturated carbocycles. The van der Waals surface area contributed by atoms with Crippen LogP contribution in [0, 0.1) is 5.82 Å². The number of H-pyrrole nitrogens is 1. The first-order valence-corrected chi connectivity index (χ1v) is 11.6. The number of methoxy groups -OCH3 is 1. The molecule has 1 unspecified atom stereocenters. The zero-order valence-corrected chi connectivity index (χ0v) is 20.1. The molecule has 3 aromatic carbocycles. The van der Waals surface area contributed by atoms with Crippen LogP contribution in [-0.4, -0.2) is 30.1 Å². The number of aromatic nitrogens is 1. The third kappa shape index (κ3) is 6.02. The summed E-state index contributed by atoms with van der Waals surface area (Å²) >= 11 is 0. The molecule has 1 heterocycles. The van der Waals surface area contributed by atoms with Gasteiger partial charge < -0.3 is 25.1 Å². The van der Waals surface area contributed by atoms with Crippen LogP contribution in [0.4, 0.5) is 9.18 Å². The van der Waals surface area contributed by atoms with Crippen LogP contribution < -0.4 is 15.4 Å². The van der Waals surface area contributed by atoms with Gasteiger partial charge in [-0.05, 0) is 41.8 Å². The minimum Gasteiger partial charge on any atom is -0.494 e. The normalized spacial score (nSPS) is 12.5. The van der Waals surface area contributed by atoms with Crippen LogP contribution in [-0.2, 0) is 22.6 Å². The van der Waals surface area contributed by atoms with E-state index in [1.807, 2.05) is 60.8 Å². The summed E-state index contributed by atoms with van der Waals surface area (Å²) in [4.78, 5) is 29.1. The molecule has 4 aromatic rings. The van der Waals surface area contributed by atoms with E-state index in [9.17, 15) is 14.0 Å². The lowest BCUT2D eigenvalue weighted by Gasteiger charge is -2.22. The number of benzene rings is 3. The van der Waals surface area contributed by atoms with E-state index in [1.54, 1.807) is 13.0 Å². The maximum atomic E-state index is 14.2. The molecule has 2 amide bonds. The molecule has 8 heteroatoms. The molecule has 4 rings (SSSR count). The number of carbonyl (C=O) groups is 2. The summed E-state index contributed by atoms with van der Waals surface area (Å²) in [7, 11) is 1.39. The van der Waals surface area contributed by atoms with E-state index in [0.717, 1.165) is 22.0 Å². The third-order valence-electron chi connectivity index (χ3n) is 5.95. The van der Waals surface area contributed by atoms with Gasteiger partial charge in [0.2, 0.25) is 5.91 Å². The molecular formula is C28H28FN3O4. The van der Waals surface area contributed by atoms with Crippen molar-refractivity contribution >= 4 is 22.9 Å². The van der Waals surface area contributed by atoms with Crippen molar-refractivity contribution in [3.8, 4) is 5.75 Å². The average molecular weight is 490 g/mol. The van der Waals surface area contributed by atoms with E-state index < -0.39 is 29.9 Å². The fourth-order valence-electron chi connectivity index (χ4n) is 3.99. The van der Waals surface area contributed by atoms with Crippen molar-refractivity contribution in [1.82, 2.24) is 15.6 Å². The number of rotatable bonds is 9. The Morgan fingerprint density at radius 3 is 2.50 bits per heavy atom. The van der Waals surface area contributed by atoms with Crippen LogP contribution >= 0.6 is 0 Å². The molecular weight excluding hydrogens is 461 g/mol. The van der Waals surface area contributed by atoms with Crippen molar-refractivity contribution in [2.75, 3.05) is 7.11 Å². The summed E-state index contributed by atoms with van der Waals surface area (Å²) in [6.07, 6.45) is 1.35. The molecule has 36 heavy (non-hydrogen) atoms. The topological polar surface area (TPSA) is 92.5 Å². The number of hydrogen-bond acceptors (Lipinski definition) is 4. The second-order valence-corrected chi connectivity index (χ2v) is 8.45. The number of halogens is 1. The number of nitrogens with one attached hydrogen (secondary N) is 3. The lowest BCUT2D eigenvalue weighted by atomic mass is 10.0. The third-order valence-corrected chi connectivity index (χ3v) is 5.95. The molecule has 0 aliphatic rings. The summed E-state index contributed by atoms with van der Waals surface area (Å²) in [5.41, 5.74) is 3.21. The van der Waals surface area contributed by atoms with E-state index in [2.05, 4.69) is 15.6 Å². The molecule has 1 aromatic heterocycles. The Morgan fingerprint density at radius 2 is 1.75 bits per heavy atom. The van der Waals surface area contributed by atoms with Gasteiger partial charge in [-0.1, -0.05) is 54.6 Å². The van der Waals surface area contributed by atoms with Gasteiger partial charge in [0.1, 0.15) is 12.6 Å². The quantitative estimate of drug-likeness (QED) is 0.308. The molecule has 0 radical (unpaired) electrons. The van der Waals surface area contributed by atoms with E-state index in [0.29, 0.717) is 5.56 Å². The molecule has 3 N–H and O–H groups in total. The molecule has 0 aliphatic heterocycles. The smallest absolute Gasteiger partial charge is 0.408 e. The second kappa shape index (κ2) is 11.4. The second-order valence-electron chi connectivity index (χ2n) is 8.45. The average Bonchev–Trinajstić information content (AvgIpc) is 3.30. The predicted molar refractivity (Wildman–Crippen MR) is 135 cm³/mol. The van der Waals surface area contributed by atoms with Crippen LogP contribution in [0.1, 0.15) is 29.7 Å². The first-order chi connectivity index (χ1) is 17.4. The number of para-hydroxylation sites is 1. The number of ether oxygens (including phenoxy) is 2. The summed E-state index contributed by atoms with van der Waals surface area (Å²) < 4.78 is 24.5. The van der Waals surface area contributed by atoms with Gasteiger partial charge in [-0.25, -0.2) is 9.18 Å². The summed E-state index contributed by atoms with van der Waals surface area (Å²) in [5, 5.41) is 6.53. The van der Waals surface area contributed by atoms with Crippen molar-refractivity contribution in [3.05, 3.63) is 102 Å². The van der Waals surface area contributed by atoms with Gasteiger partial charge in [-0.2, -0.15) is 0 Å². The first kappa shape index (κ1) is 24.8. The van der Waals surface area contributed by atoms with E-state index >= 15 is 0 Å². The molecule has 0 aliphatic carbocycles. The lowest BCUT2D eigenvalue weighted by Crippen LogP contribution is -2.48. The molecule has 186 valence electrons. The standard InChI is InChI=1S/C28H28FN3O4/c1-18(20-12-13-26(35-2)23(29)14-20)31-27(33)25(15-21-16-30-24-11-7-6-10-22(21)24)32-28(34)36-17-19-8-4-3-5-9-19/h3-14,16,18,25,30H,15,17H2,1-2H3,(H,31,33)(H,32,34)/t18?,25-/m0/s1. The largest absolute Gasteiger partial charge is 0.494 e. The summed E-state index contributed by atoms with van der Waals surface area (Å²) in [6.45, 7) is 1.82. The minimum absolute atomic E-state index is 0.0790. The predicted octanol–water partition coefficient (Wildman–Crippen LogP) is 5.03. The fraction of sp³-hybridized carbons (Fsp3) is 0.214. The summed E-state index contributed by atoms with van der Waals surface area (Å²) in [5.74, 6) is -0.813. The van der Waals surface area contributed by atoms with Gasteiger partial charge in [-0.15, -0.1) is 0 Å². The SMILES string of the molecule is COc1ccc(C(C)NC(=O)[C@H](Cc2c[nH]c3ccccc23)NC(=O)OCc2ccccc2)cc1F.